The van der Waals surface area contributed by atoms with Gasteiger partial charge in [-0.3, -0.25) is 67.1 Å². The summed E-state index contributed by atoms with van der Waals surface area (Å²) >= 11 is 2.15. The van der Waals surface area contributed by atoms with E-state index in [1.54, 1.807) is 205 Å². The highest BCUT2D eigenvalue weighted by Crippen LogP contribution is 2.30. The molecule has 4 saturated heterocycles. The number of morpholine rings is 4. The first-order chi connectivity index (χ1) is 66.0. The Kier molecular flexibility index (Phi) is 47.2. The number of ether oxygens (including phenoxy) is 9. The molecule has 12 amide bonds. The Morgan fingerprint density at radius 3 is 1.08 bits per heavy atom. The average molecular weight is 2100 g/mol. The first-order valence-corrected chi connectivity index (χ1v) is 45.6. The standard InChI is InChI=1S/C24H33N3O8.C22H31N3O7.C20H25N3O8.C12H15IN2O2.C10H17NO5.C9H10N2/c1-15(28)34-20(23(32)35-24(2,3)4)19-22(31)27(11-12-33-19)17-10-8-9-16(13-17)21(30)26(7)14-18(29)25(5)6;1-22(2,3)32-21(30)17(27)18-20(29)25(10-11-31-18)15-9-7-8-14(12-15)19(28)24(6)13-16(26)23(4)5;1-12(24)31-17(20(28)29)16-19(27)23(8-9-30-16)14-7-5-6-13(10-14)18(26)22(4)11-15(25)21(2)3;1-14(2)11(16)8-15(3)12(17)9-5-4-6-10(13)7-9;1-10(2,3)16-9(14)6(12)7-8(13)11-4-5-15-7;1-3-7-6-8(10)4-5-9(7)11-2/h8-10,13,19-20H,11-12,14H2,1-7H3;7-9,12,17-18,27H,10-11,13H2,1-6H3;5-7,10,16-17H,8-9,11H2,1-4H3,(H,28,29);4-7H,8H2,1-3H3;6-7,12H,4-5H2,1-3H3,(H,11,13);4-6H,3,10H2,1H3/t19-,20-;17-,18-;16-,17-;;6-,7-;/m111.1./s1. The lowest BCUT2D eigenvalue weighted by Gasteiger charge is -2.35. The molecule has 8 atom stereocenters. The van der Waals surface area contributed by atoms with Crippen molar-refractivity contribution in [2.75, 3.05) is 184 Å². The van der Waals surface area contributed by atoms with E-state index in [1.807, 2.05) is 25.1 Å². The number of hydrogen-bond donors (Lipinski definition) is 5. The Bertz CT molecular complexity index is 5370. The number of carbonyl (C=O) groups is 18. The zero-order valence-corrected chi connectivity index (χ0v) is 86.6. The molecule has 0 spiro atoms. The van der Waals surface area contributed by atoms with Crippen molar-refractivity contribution in [3.05, 3.63) is 158 Å². The summed E-state index contributed by atoms with van der Waals surface area (Å²) in [5.41, 5.74) is 8.19. The lowest BCUT2D eigenvalue weighted by atomic mass is 10.1. The average Bonchev–Trinajstić information content (AvgIpc) is 0.825. The SMILES string of the molecule is CC(=O)O[C@@H](C(=O)O)[C@H]1OCCN(c2cccc(C(=O)N(C)CC(=O)N(C)C)c2)C1=O.CC(=O)O[C@@H](C(=O)OC(C)(C)C)[C@H]1OCCN(c2cccc(C(=O)N(C)CC(=O)N(C)C)c2)C1=O.CC(C)(C)OC(=O)[C@H](O)[C@H]1OCCNC1=O.CN(C)C(=O)CN(C)C(=O)c1cccc(I)c1.CN(C)C(=O)CN(C)C(=O)c1cccc(N2CCO[C@H]([C@@H](O)C(=O)OC(C)(C)C)C2=O)c1.[C-]#[N+]c1ccc(N)cc1CC. The maximum absolute atomic E-state index is 13.3. The van der Waals surface area contributed by atoms with Gasteiger partial charge in [0.15, 0.2) is 42.3 Å². The Morgan fingerprint density at radius 1 is 0.451 bits per heavy atom. The highest BCUT2D eigenvalue weighted by Gasteiger charge is 2.47. The maximum atomic E-state index is 13.3. The second kappa shape index (κ2) is 55.5. The number of benzene rings is 5. The fourth-order valence-electron chi connectivity index (χ4n) is 12.8. The molecule has 4 aliphatic heterocycles. The van der Waals surface area contributed by atoms with Crippen LogP contribution in [0.4, 0.5) is 28.4 Å². The van der Waals surface area contributed by atoms with Gasteiger partial charge in [0.2, 0.25) is 35.8 Å². The van der Waals surface area contributed by atoms with E-state index in [1.165, 1.54) is 93.2 Å². The number of nitrogens with zero attached hydrogens (tertiary/aromatic N) is 12. The molecule has 776 valence electrons. The highest BCUT2D eigenvalue weighted by molar-refractivity contribution is 14.1. The number of nitrogen functional groups attached to an aromatic ring is 1. The predicted octanol–water partition coefficient (Wildman–Crippen LogP) is 3.77. The molecule has 0 bridgehead atoms. The van der Waals surface area contributed by atoms with Gasteiger partial charge in [-0.25, -0.2) is 24.0 Å². The van der Waals surface area contributed by atoms with E-state index in [2.05, 4.69) is 32.8 Å². The Labute approximate surface area is 839 Å². The summed E-state index contributed by atoms with van der Waals surface area (Å²) in [5.74, 6) is -10.4. The van der Waals surface area contributed by atoms with Gasteiger partial charge < -0.3 is 123 Å². The normalized spacial score (nSPS) is 16.3. The van der Waals surface area contributed by atoms with Gasteiger partial charge in [0.1, 0.15) is 16.8 Å². The number of nitrogens with one attached hydrogen (secondary N) is 1. The van der Waals surface area contributed by atoms with E-state index in [0.29, 0.717) is 40.4 Å². The van der Waals surface area contributed by atoms with Crippen molar-refractivity contribution in [2.24, 2.45) is 0 Å². The molecule has 4 heterocycles. The van der Waals surface area contributed by atoms with Gasteiger partial charge in [-0.1, -0.05) is 37.3 Å². The van der Waals surface area contributed by atoms with E-state index in [9.17, 15) is 102 Å². The summed E-state index contributed by atoms with van der Waals surface area (Å²) in [5, 5.41) is 31.8. The molecule has 5 aromatic rings. The van der Waals surface area contributed by atoms with Crippen LogP contribution in [0, 0.1) is 10.1 Å². The van der Waals surface area contributed by atoms with Gasteiger partial charge in [-0.15, -0.1) is 0 Å². The summed E-state index contributed by atoms with van der Waals surface area (Å²) in [7, 11) is 19.1. The maximum Gasteiger partial charge on any atom is 0.351 e. The van der Waals surface area contributed by atoms with Crippen LogP contribution in [0.25, 0.3) is 4.85 Å². The first-order valence-electron chi connectivity index (χ1n) is 44.5. The van der Waals surface area contributed by atoms with E-state index < -0.39 is 137 Å². The number of likely N-dealkylation sites (N-methyl/N-ethyl adjacent to an activating group) is 8. The monoisotopic (exact) mass is 2100 g/mol. The minimum Gasteiger partial charge on any atom is -0.478 e. The number of anilines is 4. The van der Waals surface area contributed by atoms with Crippen molar-refractivity contribution in [3.63, 3.8) is 0 Å². The Balaban J connectivity index is 0.000000369. The van der Waals surface area contributed by atoms with Crippen LogP contribution in [0.3, 0.4) is 0 Å². The number of carbonyl (C=O) groups excluding carboxylic acids is 17. The Morgan fingerprint density at radius 2 is 0.761 bits per heavy atom. The molecule has 5 aromatic carbocycles. The van der Waals surface area contributed by atoms with Crippen molar-refractivity contribution in [1.82, 2.24) is 44.5 Å². The third kappa shape index (κ3) is 38.4. The van der Waals surface area contributed by atoms with Crippen LogP contribution >= 0.6 is 22.6 Å². The molecular weight excluding hydrogens is 1970 g/mol. The smallest absolute Gasteiger partial charge is 0.351 e. The highest BCUT2D eigenvalue weighted by atomic mass is 127. The summed E-state index contributed by atoms with van der Waals surface area (Å²) in [4.78, 5) is 237. The number of carboxylic acid groups (broad SMARTS) is 1. The van der Waals surface area contributed by atoms with Gasteiger partial charge in [0.25, 0.3) is 47.3 Å². The third-order valence-electron chi connectivity index (χ3n) is 20.0. The van der Waals surface area contributed by atoms with Crippen LogP contribution < -0.4 is 25.8 Å². The minimum atomic E-state index is -1.79. The van der Waals surface area contributed by atoms with Crippen molar-refractivity contribution >= 4 is 158 Å². The molecule has 0 aromatic heterocycles. The third-order valence-corrected chi connectivity index (χ3v) is 20.6. The molecule has 0 unspecified atom stereocenters. The summed E-state index contributed by atoms with van der Waals surface area (Å²) < 4.78 is 47.5. The molecule has 0 saturated carbocycles. The quantitative estimate of drug-likeness (QED) is 0.0173. The predicted molar refractivity (Wildman–Crippen MR) is 525 cm³/mol. The number of halogens is 1. The van der Waals surface area contributed by atoms with Crippen LogP contribution in [-0.4, -0.2) is 390 Å². The number of aliphatic hydroxyl groups excluding tert-OH is 2. The van der Waals surface area contributed by atoms with Crippen molar-refractivity contribution in [3.8, 4) is 0 Å². The molecule has 4 fully saturated rings. The van der Waals surface area contributed by atoms with E-state index in [4.69, 9.17) is 54.9 Å². The summed E-state index contributed by atoms with van der Waals surface area (Å²) in [6.45, 7) is 27.0. The number of nitrogens with two attached hydrogens (primary N) is 1. The van der Waals surface area contributed by atoms with Crippen LogP contribution in [-0.2, 0) is 116 Å². The number of aliphatic hydroxyl groups is 2. The molecule has 142 heavy (non-hydrogen) atoms. The van der Waals surface area contributed by atoms with Crippen molar-refractivity contribution in [1.29, 1.82) is 0 Å². The van der Waals surface area contributed by atoms with Gasteiger partial charge in [0, 0.05) is 173 Å². The van der Waals surface area contributed by atoms with Crippen LogP contribution in [0.2, 0.25) is 0 Å². The van der Waals surface area contributed by atoms with E-state index in [-0.39, 0.29) is 119 Å². The number of aliphatic carboxylic acids is 1. The van der Waals surface area contributed by atoms with Crippen LogP contribution in [0.5, 0.6) is 0 Å². The van der Waals surface area contributed by atoms with Gasteiger partial charge >= 0.3 is 35.8 Å². The summed E-state index contributed by atoms with van der Waals surface area (Å²) in [6.07, 6.45) is -11.4. The van der Waals surface area contributed by atoms with Crippen LogP contribution in [0.1, 0.15) is 130 Å². The van der Waals surface area contributed by atoms with Crippen molar-refractivity contribution < 1.29 is 144 Å². The Hall–Kier alpha value is -13.7. The first kappa shape index (κ1) is 121. The van der Waals surface area contributed by atoms with Crippen LogP contribution in [0.15, 0.2) is 115 Å². The number of hydrogen-bond acceptors (Lipinski definition) is 30. The number of esters is 5. The van der Waals surface area contributed by atoms with Gasteiger partial charge in [-0.05, 0) is 182 Å². The zero-order chi connectivity index (χ0) is 108. The van der Waals surface area contributed by atoms with E-state index in [0.717, 1.165) is 35.1 Å². The molecule has 9 rings (SSSR count). The molecule has 4 aliphatic rings. The second-order valence-corrected chi connectivity index (χ2v) is 37.4. The lowest BCUT2D eigenvalue weighted by molar-refractivity contribution is -0.188. The largest absolute Gasteiger partial charge is 0.478 e. The fraction of sp³-hybridized carbons (Fsp3) is 0.495. The molecule has 45 heteroatoms. The summed E-state index contributed by atoms with van der Waals surface area (Å²) in [6, 6.07) is 31.6. The van der Waals surface area contributed by atoms with Crippen molar-refractivity contribution in [2.45, 2.75) is 155 Å². The number of carboxylic acids is 1. The fourth-order valence-corrected chi connectivity index (χ4v) is 13.3. The molecule has 0 aliphatic carbocycles. The number of rotatable bonds is 26. The van der Waals surface area contributed by atoms with Gasteiger partial charge in [-0.2, -0.15) is 0 Å². The lowest BCUT2D eigenvalue weighted by Crippen LogP contribution is -2.56. The molecule has 6 N–H and O–H groups in total. The second-order valence-electron chi connectivity index (χ2n) is 36.1. The van der Waals surface area contributed by atoms with E-state index >= 15 is 0 Å². The topological polar surface area (TPSA) is 529 Å². The number of aryl methyl sites for hydroxylation is 1. The van der Waals surface area contributed by atoms with Gasteiger partial charge in [0.05, 0.1) is 59.2 Å². The zero-order valence-electron chi connectivity index (χ0n) is 84.5. The molecule has 44 nitrogen and oxygen atoms in total. The molecular formula is C97H131IN14O30. The number of amides is 12. The minimum absolute atomic E-state index is 0.0108. The molecule has 0 radical (unpaired) electrons.